The molecule has 0 aliphatic carbocycles. The molecule has 2 N–H and O–H groups in total. The largest absolute Gasteiger partial charge is 0.417 e. The number of fused-ring (bicyclic) bond motifs is 1. The average Bonchev–Trinajstić information content (AvgIpc) is 2.64. The molecule has 0 bridgehead atoms. The molecule has 0 aliphatic rings. The van der Waals surface area contributed by atoms with E-state index in [1.807, 2.05) is 0 Å². The number of oxazole rings is 1. The maximum Gasteiger partial charge on any atom is 0.417 e. The van der Waals surface area contributed by atoms with E-state index in [2.05, 4.69) is 15.0 Å². The Labute approximate surface area is 88.9 Å². The van der Waals surface area contributed by atoms with Gasteiger partial charge in [-0.15, -0.1) is 0 Å². The summed E-state index contributed by atoms with van der Waals surface area (Å²) in [6.45, 7) is -0.0589. The van der Waals surface area contributed by atoms with Crippen LogP contribution in [0, 0.1) is 0 Å². The number of hydrogen-bond acceptors (Lipinski definition) is 4. The van der Waals surface area contributed by atoms with Crippen LogP contribution in [0.15, 0.2) is 32.5 Å². The summed E-state index contributed by atoms with van der Waals surface area (Å²) in [5.74, 6) is -0.545. The fourth-order valence-corrected chi connectivity index (χ4v) is 1.39. The van der Waals surface area contributed by atoms with Gasteiger partial charge in [0.15, 0.2) is 5.58 Å². The number of nitrogens with zero attached hydrogens (tertiary/aromatic N) is 3. The molecule has 0 fully saturated rings. The number of aliphatic hydroxyl groups is 1. The number of benzene rings is 1. The van der Waals surface area contributed by atoms with E-state index < -0.39 is 11.9 Å². The smallest absolute Gasteiger partial charge is 0.408 e. The Kier molecular flexibility index (Phi) is 2.63. The monoisotopic (exact) mass is 220 g/mol. The van der Waals surface area contributed by atoms with Crippen LogP contribution in [0.25, 0.3) is 21.5 Å². The normalized spacial score (nSPS) is 12.3. The predicted octanol–water partition coefficient (Wildman–Crippen LogP) is 1.46. The quantitative estimate of drug-likeness (QED) is 0.463. The third-order valence-electron chi connectivity index (χ3n) is 2.15. The highest BCUT2D eigenvalue weighted by atomic mass is 16.4. The van der Waals surface area contributed by atoms with Gasteiger partial charge in [-0.2, -0.15) is 0 Å². The van der Waals surface area contributed by atoms with Crippen LogP contribution in [0.2, 0.25) is 0 Å². The molecule has 0 amide bonds. The van der Waals surface area contributed by atoms with Gasteiger partial charge in [-0.1, -0.05) is 11.2 Å². The summed E-state index contributed by atoms with van der Waals surface area (Å²) in [4.78, 5) is 15.9. The minimum absolute atomic E-state index is 0.0589. The first kappa shape index (κ1) is 10.3. The van der Waals surface area contributed by atoms with Crippen LogP contribution in [0.4, 0.5) is 0 Å². The van der Waals surface area contributed by atoms with Crippen molar-refractivity contribution in [2.24, 2.45) is 5.11 Å². The fourth-order valence-electron chi connectivity index (χ4n) is 1.39. The second kappa shape index (κ2) is 4.09. The lowest BCUT2D eigenvalue weighted by Crippen LogP contribution is -2.00. The number of aliphatic hydroxyl groups excluding tert-OH is 1. The van der Waals surface area contributed by atoms with Gasteiger partial charge in [-0.05, 0) is 23.2 Å². The molecule has 0 aliphatic heterocycles. The second-order valence-corrected chi connectivity index (χ2v) is 3.20. The van der Waals surface area contributed by atoms with Gasteiger partial charge < -0.3 is 9.52 Å². The topological polar surface area (TPSA) is 115 Å². The Morgan fingerprint density at radius 1 is 1.62 bits per heavy atom. The molecule has 16 heavy (non-hydrogen) atoms. The van der Waals surface area contributed by atoms with Crippen molar-refractivity contribution in [3.63, 3.8) is 0 Å². The van der Waals surface area contributed by atoms with E-state index in [1.165, 1.54) is 6.07 Å². The molecule has 1 unspecified atom stereocenters. The van der Waals surface area contributed by atoms with E-state index in [0.29, 0.717) is 16.7 Å². The molecule has 2 rings (SSSR count). The number of rotatable bonds is 3. The Morgan fingerprint density at radius 3 is 3.19 bits per heavy atom. The van der Waals surface area contributed by atoms with Gasteiger partial charge in [-0.25, -0.2) is 4.79 Å². The van der Waals surface area contributed by atoms with Crippen LogP contribution in [0.5, 0.6) is 0 Å². The van der Waals surface area contributed by atoms with Gasteiger partial charge in [0.2, 0.25) is 0 Å². The molecule has 1 atom stereocenters. The zero-order valence-electron chi connectivity index (χ0n) is 8.12. The third-order valence-corrected chi connectivity index (χ3v) is 2.15. The van der Waals surface area contributed by atoms with Crippen molar-refractivity contribution in [2.75, 3.05) is 6.54 Å². The Bertz CT molecular complexity index is 608. The minimum Gasteiger partial charge on any atom is -0.408 e. The first-order chi connectivity index (χ1) is 7.70. The minimum atomic E-state index is -0.902. The Hall–Kier alpha value is -2.24. The summed E-state index contributed by atoms with van der Waals surface area (Å²) in [5, 5.41) is 12.9. The van der Waals surface area contributed by atoms with Crippen molar-refractivity contribution < 1.29 is 9.52 Å². The Balaban J connectivity index is 2.38. The van der Waals surface area contributed by atoms with E-state index in [9.17, 15) is 9.90 Å². The van der Waals surface area contributed by atoms with E-state index in [4.69, 9.17) is 9.95 Å². The number of nitrogens with one attached hydrogen (secondary N) is 1. The predicted molar refractivity (Wildman–Crippen MR) is 55.8 cm³/mol. The zero-order valence-corrected chi connectivity index (χ0v) is 8.12. The van der Waals surface area contributed by atoms with Gasteiger partial charge >= 0.3 is 5.76 Å². The number of H-pyrrole nitrogens is 1. The molecule has 1 aromatic heterocycles. The van der Waals surface area contributed by atoms with Crippen molar-refractivity contribution >= 4 is 11.1 Å². The lowest BCUT2D eigenvalue weighted by atomic mass is 10.1. The molecule has 1 heterocycles. The van der Waals surface area contributed by atoms with Crippen molar-refractivity contribution in [1.82, 2.24) is 4.98 Å². The van der Waals surface area contributed by atoms with Gasteiger partial charge in [-0.3, -0.25) is 4.98 Å². The SMILES string of the molecule is [N-]=[N+]=NCC(O)c1ccc2[nH]c(=O)oc2c1. The van der Waals surface area contributed by atoms with Crippen LogP contribution in [-0.2, 0) is 0 Å². The molecule has 7 heteroatoms. The van der Waals surface area contributed by atoms with Crippen molar-refractivity contribution in [3.8, 4) is 0 Å². The first-order valence-electron chi connectivity index (χ1n) is 4.52. The molecule has 0 spiro atoms. The molecule has 2 aromatic rings. The highest BCUT2D eigenvalue weighted by Crippen LogP contribution is 2.18. The van der Waals surface area contributed by atoms with Crippen LogP contribution in [0.1, 0.15) is 11.7 Å². The number of hydrogen-bond donors (Lipinski definition) is 2. The first-order valence-corrected chi connectivity index (χ1v) is 4.52. The number of aromatic amines is 1. The van der Waals surface area contributed by atoms with Crippen molar-refractivity contribution in [2.45, 2.75) is 6.10 Å². The molecule has 7 nitrogen and oxygen atoms in total. The van der Waals surface area contributed by atoms with E-state index in [-0.39, 0.29) is 6.54 Å². The van der Waals surface area contributed by atoms with E-state index in [1.54, 1.807) is 12.1 Å². The lowest BCUT2D eigenvalue weighted by molar-refractivity contribution is 0.187. The van der Waals surface area contributed by atoms with Crippen LogP contribution in [-0.4, -0.2) is 16.6 Å². The molecule has 0 saturated carbocycles. The maximum atomic E-state index is 10.9. The van der Waals surface area contributed by atoms with Crippen molar-refractivity contribution in [3.05, 3.63) is 44.8 Å². The summed E-state index contributed by atoms with van der Waals surface area (Å²) < 4.78 is 4.84. The molecule has 1 aromatic carbocycles. The van der Waals surface area contributed by atoms with E-state index >= 15 is 0 Å². The Morgan fingerprint density at radius 2 is 2.44 bits per heavy atom. The molecule has 0 saturated heterocycles. The van der Waals surface area contributed by atoms with Crippen LogP contribution in [0.3, 0.4) is 0 Å². The fraction of sp³-hybridized carbons (Fsp3) is 0.222. The molecular weight excluding hydrogens is 212 g/mol. The number of aromatic nitrogens is 1. The highest BCUT2D eigenvalue weighted by Gasteiger charge is 2.09. The molecular formula is C9H8N4O3. The average molecular weight is 220 g/mol. The summed E-state index contributed by atoms with van der Waals surface area (Å²) in [7, 11) is 0. The summed E-state index contributed by atoms with van der Waals surface area (Å²) in [6, 6.07) is 4.78. The number of azide groups is 1. The molecule has 0 radical (unpaired) electrons. The zero-order chi connectivity index (χ0) is 11.5. The van der Waals surface area contributed by atoms with Crippen molar-refractivity contribution in [1.29, 1.82) is 0 Å². The lowest BCUT2D eigenvalue weighted by Gasteiger charge is -2.06. The highest BCUT2D eigenvalue weighted by molar-refractivity contribution is 5.72. The van der Waals surface area contributed by atoms with Gasteiger partial charge in [0, 0.05) is 4.91 Å². The van der Waals surface area contributed by atoms with Gasteiger partial charge in [0.05, 0.1) is 18.2 Å². The summed E-state index contributed by atoms with van der Waals surface area (Å²) >= 11 is 0. The van der Waals surface area contributed by atoms with Gasteiger partial charge in [0.1, 0.15) is 0 Å². The van der Waals surface area contributed by atoms with Crippen LogP contribution >= 0.6 is 0 Å². The summed E-state index contributed by atoms with van der Waals surface area (Å²) in [5.41, 5.74) is 9.57. The maximum absolute atomic E-state index is 10.9. The van der Waals surface area contributed by atoms with Gasteiger partial charge in [0.25, 0.3) is 0 Å². The second-order valence-electron chi connectivity index (χ2n) is 3.20. The standard InChI is InChI=1S/C9H8N4O3/c10-13-11-4-7(14)5-1-2-6-8(3-5)16-9(15)12-6/h1-3,7,14H,4H2,(H,12,15). The van der Waals surface area contributed by atoms with E-state index in [0.717, 1.165) is 0 Å². The third kappa shape index (κ3) is 1.90. The van der Waals surface area contributed by atoms with Crippen LogP contribution < -0.4 is 5.76 Å². The molecule has 82 valence electrons. The summed E-state index contributed by atoms with van der Waals surface area (Å²) in [6.07, 6.45) is -0.902.